The fourth-order valence-electron chi connectivity index (χ4n) is 2.43. The number of benzene rings is 1. The highest BCUT2D eigenvalue weighted by Crippen LogP contribution is 2.23. The van der Waals surface area contributed by atoms with Gasteiger partial charge in [0.25, 0.3) is 0 Å². The highest BCUT2D eigenvalue weighted by Gasteiger charge is 2.23. The van der Waals surface area contributed by atoms with Crippen molar-refractivity contribution in [2.45, 2.75) is 38.3 Å². The van der Waals surface area contributed by atoms with Gasteiger partial charge in [0.05, 0.1) is 17.9 Å². The minimum absolute atomic E-state index is 0.0328. The molecule has 2 N–H and O–H groups in total. The van der Waals surface area contributed by atoms with Crippen LogP contribution in [0.2, 0.25) is 0 Å². The van der Waals surface area contributed by atoms with Gasteiger partial charge in [-0.15, -0.1) is 0 Å². The number of hydrogen-bond donors (Lipinski definition) is 2. The largest absolute Gasteiger partial charge is 0.467 e. The van der Waals surface area contributed by atoms with Gasteiger partial charge in [0.2, 0.25) is 0 Å². The van der Waals surface area contributed by atoms with Crippen molar-refractivity contribution >= 4 is 0 Å². The molecule has 0 radical (unpaired) electrons. The molecule has 0 aliphatic heterocycles. The normalized spacial score (nSPS) is 15.8. The van der Waals surface area contributed by atoms with Crippen molar-refractivity contribution in [3.63, 3.8) is 0 Å². The van der Waals surface area contributed by atoms with Crippen LogP contribution in [0.5, 0.6) is 0 Å². The molecule has 0 saturated carbocycles. The molecule has 3 nitrogen and oxygen atoms in total. The Morgan fingerprint density at radius 2 is 1.95 bits per heavy atom. The average Bonchev–Trinajstić information content (AvgIpc) is 2.94. The summed E-state index contributed by atoms with van der Waals surface area (Å²) in [6, 6.07) is 14.0. The van der Waals surface area contributed by atoms with Gasteiger partial charge in [-0.3, -0.25) is 0 Å². The smallest absolute Gasteiger partial charge is 0.125 e. The topological polar surface area (TPSA) is 45.4 Å². The Morgan fingerprint density at radius 3 is 2.55 bits per heavy atom. The second-order valence-corrected chi connectivity index (χ2v) is 5.49. The maximum atomic E-state index is 10.3. The number of hydrogen-bond acceptors (Lipinski definition) is 3. The summed E-state index contributed by atoms with van der Waals surface area (Å²) < 4.78 is 5.53. The molecule has 0 fully saturated rings. The first-order valence-corrected chi connectivity index (χ1v) is 7.16. The lowest BCUT2D eigenvalue weighted by molar-refractivity contribution is 0.0477. The third-order valence-electron chi connectivity index (χ3n) is 3.44. The summed E-state index contributed by atoms with van der Waals surface area (Å²) in [4.78, 5) is 0. The van der Waals surface area contributed by atoms with Gasteiger partial charge in [-0.2, -0.15) is 0 Å². The zero-order valence-electron chi connectivity index (χ0n) is 12.2. The van der Waals surface area contributed by atoms with Crippen molar-refractivity contribution in [3.8, 4) is 0 Å². The van der Waals surface area contributed by atoms with Crippen molar-refractivity contribution in [1.29, 1.82) is 0 Å². The van der Waals surface area contributed by atoms with E-state index in [0.29, 0.717) is 6.54 Å². The molecule has 0 saturated heterocycles. The van der Waals surface area contributed by atoms with E-state index >= 15 is 0 Å². The number of rotatable bonds is 7. The lowest BCUT2D eigenvalue weighted by atomic mass is 9.98. The van der Waals surface area contributed by atoms with Crippen LogP contribution in [0.15, 0.2) is 53.1 Å². The van der Waals surface area contributed by atoms with Gasteiger partial charge in [0.15, 0.2) is 0 Å². The minimum atomic E-state index is -0.700. The van der Waals surface area contributed by atoms with E-state index in [1.165, 1.54) is 0 Å². The van der Waals surface area contributed by atoms with Crippen LogP contribution in [0.25, 0.3) is 0 Å². The van der Waals surface area contributed by atoms with Crippen molar-refractivity contribution in [3.05, 3.63) is 60.1 Å². The summed E-state index contributed by atoms with van der Waals surface area (Å²) in [6.07, 6.45) is 3.42. The van der Waals surface area contributed by atoms with Gasteiger partial charge in [-0.05, 0) is 31.0 Å². The Balaban J connectivity index is 2.13. The number of nitrogens with one attached hydrogen (secondary N) is 1. The Kier molecular flexibility index (Phi) is 4.99. The Hall–Kier alpha value is -1.58. The van der Waals surface area contributed by atoms with E-state index in [4.69, 9.17) is 4.42 Å². The molecular weight excluding hydrogens is 250 g/mol. The van der Waals surface area contributed by atoms with Gasteiger partial charge in [-0.1, -0.05) is 43.7 Å². The summed E-state index contributed by atoms with van der Waals surface area (Å²) >= 11 is 0. The SMILES string of the molecule is CCCC(C)(O)CNC(c1ccccc1)c1ccco1. The zero-order valence-corrected chi connectivity index (χ0v) is 12.2. The van der Waals surface area contributed by atoms with E-state index in [2.05, 4.69) is 24.4 Å². The van der Waals surface area contributed by atoms with Crippen molar-refractivity contribution in [2.24, 2.45) is 0 Å². The summed E-state index contributed by atoms with van der Waals surface area (Å²) in [5.74, 6) is 0.864. The number of furan rings is 1. The summed E-state index contributed by atoms with van der Waals surface area (Å²) in [5.41, 5.74) is 0.434. The molecule has 0 aliphatic carbocycles. The molecule has 2 rings (SSSR count). The Bertz CT molecular complexity index is 491. The second kappa shape index (κ2) is 6.73. The molecule has 2 aromatic rings. The van der Waals surface area contributed by atoms with Crippen molar-refractivity contribution in [1.82, 2.24) is 5.32 Å². The van der Waals surface area contributed by atoms with E-state index in [9.17, 15) is 5.11 Å². The maximum absolute atomic E-state index is 10.3. The molecule has 0 amide bonds. The molecule has 0 bridgehead atoms. The first-order valence-electron chi connectivity index (χ1n) is 7.16. The highest BCUT2D eigenvalue weighted by molar-refractivity contribution is 5.26. The maximum Gasteiger partial charge on any atom is 0.125 e. The molecule has 0 aliphatic rings. The van der Waals surface area contributed by atoms with E-state index < -0.39 is 5.60 Å². The quantitative estimate of drug-likeness (QED) is 0.811. The first-order chi connectivity index (χ1) is 9.62. The van der Waals surface area contributed by atoms with Gasteiger partial charge in [0.1, 0.15) is 5.76 Å². The monoisotopic (exact) mass is 273 g/mol. The standard InChI is InChI=1S/C17H23NO2/c1-3-11-17(2,19)13-18-16(15-10-7-12-20-15)14-8-5-4-6-9-14/h4-10,12,16,18-19H,3,11,13H2,1-2H3. The van der Waals surface area contributed by atoms with Crippen LogP contribution in [-0.4, -0.2) is 17.3 Å². The van der Waals surface area contributed by atoms with Crippen molar-refractivity contribution < 1.29 is 9.52 Å². The van der Waals surface area contributed by atoms with Gasteiger partial charge in [-0.25, -0.2) is 0 Å². The van der Waals surface area contributed by atoms with E-state index in [-0.39, 0.29) is 6.04 Å². The lowest BCUT2D eigenvalue weighted by Crippen LogP contribution is -2.39. The molecule has 0 spiro atoms. The molecule has 1 aromatic heterocycles. The van der Waals surface area contributed by atoms with Gasteiger partial charge >= 0.3 is 0 Å². The fraction of sp³-hybridized carbons (Fsp3) is 0.412. The molecular formula is C17H23NO2. The average molecular weight is 273 g/mol. The molecule has 20 heavy (non-hydrogen) atoms. The third kappa shape index (κ3) is 3.95. The third-order valence-corrected chi connectivity index (χ3v) is 3.44. The van der Waals surface area contributed by atoms with Crippen molar-refractivity contribution in [2.75, 3.05) is 6.54 Å². The van der Waals surface area contributed by atoms with Crippen LogP contribution < -0.4 is 5.32 Å². The van der Waals surface area contributed by atoms with Crippen LogP contribution in [0.1, 0.15) is 44.1 Å². The Morgan fingerprint density at radius 1 is 1.20 bits per heavy atom. The second-order valence-electron chi connectivity index (χ2n) is 5.49. The summed E-state index contributed by atoms with van der Waals surface area (Å²) in [6.45, 7) is 4.48. The summed E-state index contributed by atoms with van der Waals surface area (Å²) in [7, 11) is 0. The Labute approximate surface area is 120 Å². The van der Waals surface area contributed by atoms with E-state index in [0.717, 1.165) is 24.2 Å². The van der Waals surface area contributed by atoms with E-state index in [1.54, 1.807) is 6.26 Å². The molecule has 1 heterocycles. The minimum Gasteiger partial charge on any atom is -0.467 e. The van der Waals surface area contributed by atoms with Crippen LogP contribution in [0.3, 0.4) is 0 Å². The van der Waals surface area contributed by atoms with Gasteiger partial charge in [0, 0.05) is 6.54 Å². The number of aliphatic hydroxyl groups is 1. The fourth-order valence-corrected chi connectivity index (χ4v) is 2.43. The molecule has 1 aromatic carbocycles. The molecule has 2 unspecified atom stereocenters. The van der Waals surface area contributed by atoms with Crippen LogP contribution in [-0.2, 0) is 0 Å². The van der Waals surface area contributed by atoms with Crippen LogP contribution in [0, 0.1) is 0 Å². The van der Waals surface area contributed by atoms with E-state index in [1.807, 2.05) is 37.3 Å². The zero-order chi connectivity index (χ0) is 14.4. The summed E-state index contributed by atoms with van der Waals surface area (Å²) in [5, 5.41) is 13.7. The first kappa shape index (κ1) is 14.8. The van der Waals surface area contributed by atoms with Gasteiger partial charge < -0.3 is 14.8 Å². The molecule has 108 valence electrons. The lowest BCUT2D eigenvalue weighted by Gasteiger charge is -2.26. The van der Waals surface area contributed by atoms with Crippen LogP contribution >= 0.6 is 0 Å². The predicted octanol–water partition coefficient (Wildman–Crippen LogP) is 3.51. The predicted molar refractivity (Wildman–Crippen MR) is 80.5 cm³/mol. The molecule has 3 heteroatoms. The van der Waals surface area contributed by atoms with Crippen LogP contribution in [0.4, 0.5) is 0 Å². The highest BCUT2D eigenvalue weighted by atomic mass is 16.3. The molecule has 2 atom stereocenters.